The first-order chi connectivity index (χ1) is 14.1. The summed E-state index contributed by atoms with van der Waals surface area (Å²) in [5.41, 5.74) is 2.98. The SMILES string of the molecule is Cc1nc2ccccc2n1CCNC(=O)c1cccc(NC(=O)c2ccco2)c1. The molecule has 0 unspecified atom stereocenters. The number of aryl methyl sites for hydroxylation is 1. The molecule has 29 heavy (non-hydrogen) atoms. The molecule has 0 spiro atoms. The average molecular weight is 388 g/mol. The van der Waals surface area contributed by atoms with Crippen LogP contribution < -0.4 is 10.6 Å². The fourth-order valence-corrected chi connectivity index (χ4v) is 3.20. The highest BCUT2D eigenvalue weighted by Gasteiger charge is 2.11. The summed E-state index contributed by atoms with van der Waals surface area (Å²) in [4.78, 5) is 29.1. The van der Waals surface area contributed by atoms with Crippen molar-refractivity contribution >= 4 is 28.5 Å². The van der Waals surface area contributed by atoms with Crippen LogP contribution in [-0.2, 0) is 6.54 Å². The van der Waals surface area contributed by atoms with Crippen LogP contribution in [0.5, 0.6) is 0 Å². The van der Waals surface area contributed by atoms with Gasteiger partial charge in [-0.25, -0.2) is 4.98 Å². The van der Waals surface area contributed by atoms with E-state index in [2.05, 4.69) is 20.2 Å². The summed E-state index contributed by atoms with van der Waals surface area (Å²) in [6.07, 6.45) is 1.43. The van der Waals surface area contributed by atoms with E-state index in [1.54, 1.807) is 36.4 Å². The van der Waals surface area contributed by atoms with Crippen LogP contribution in [0.25, 0.3) is 11.0 Å². The number of rotatable bonds is 6. The molecule has 7 heteroatoms. The number of aromatic nitrogens is 2. The minimum atomic E-state index is -0.366. The van der Waals surface area contributed by atoms with E-state index in [1.807, 2.05) is 31.2 Å². The third-order valence-corrected chi connectivity index (χ3v) is 4.59. The maximum atomic E-state index is 12.5. The van der Waals surface area contributed by atoms with Crippen molar-refractivity contribution in [2.75, 3.05) is 11.9 Å². The van der Waals surface area contributed by atoms with Crippen molar-refractivity contribution < 1.29 is 14.0 Å². The Hall–Kier alpha value is -3.87. The van der Waals surface area contributed by atoms with Crippen molar-refractivity contribution in [3.8, 4) is 0 Å². The van der Waals surface area contributed by atoms with Crippen LogP contribution in [0.2, 0.25) is 0 Å². The van der Waals surface area contributed by atoms with E-state index in [0.717, 1.165) is 16.9 Å². The fraction of sp³-hybridized carbons (Fsp3) is 0.136. The van der Waals surface area contributed by atoms with E-state index in [0.29, 0.717) is 24.3 Å². The lowest BCUT2D eigenvalue weighted by Gasteiger charge is -2.10. The number of carbonyl (C=O) groups excluding carboxylic acids is 2. The third kappa shape index (κ3) is 4.03. The molecule has 0 radical (unpaired) electrons. The first-order valence-electron chi connectivity index (χ1n) is 9.27. The van der Waals surface area contributed by atoms with Crippen LogP contribution in [0.4, 0.5) is 5.69 Å². The largest absolute Gasteiger partial charge is 0.459 e. The standard InChI is InChI=1S/C22H20N4O3/c1-15-24-18-8-2-3-9-19(18)26(15)12-11-23-21(27)16-6-4-7-17(14-16)25-22(28)20-10-5-13-29-20/h2-10,13-14H,11-12H2,1H3,(H,23,27)(H,25,28). The summed E-state index contributed by atoms with van der Waals surface area (Å²) in [7, 11) is 0. The normalized spacial score (nSPS) is 10.8. The second-order valence-corrected chi connectivity index (χ2v) is 6.57. The number of hydrogen-bond donors (Lipinski definition) is 2. The van der Waals surface area contributed by atoms with Gasteiger partial charge in [0.2, 0.25) is 0 Å². The Labute approximate surface area is 167 Å². The van der Waals surface area contributed by atoms with Gasteiger partial charge in [0.05, 0.1) is 17.3 Å². The maximum Gasteiger partial charge on any atom is 0.291 e. The number of nitrogens with one attached hydrogen (secondary N) is 2. The topological polar surface area (TPSA) is 89.2 Å². The lowest BCUT2D eigenvalue weighted by Crippen LogP contribution is -2.27. The molecule has 2 heterocycles. The van der Waals surface area contributed by atoms with Gasteiger partial charge in [-0.2, -0.15) is 0 Å². The summed E-state index contributed by atoms with van der Waals surface area (Å²) in [5, 5.41) is 5.64. The molecule has 0 atom stereocenters. The molecular formula is C22H20N4O3. The fourth-order valence-electron chi connectivity index (χ4n) is 3.20. The number of furan rings is 1. The first-order valence-corrected chi connectivity index (χ1v) is 9.27. The smallest absolute Gasteiger partial charge is 0.291 e. The summed E-state index contributed by atoms with van der Waals surface area (Å²) in [6, 6.07) is 17.9. The van der Waals surface area contributed by atoms with Crippen LogP contribution in [0.15, 0.2) is 71.3 Å². The number of fused-ring (bicyclic) bond motifs is 1. The molecule has 0 fully saturated rings. The van der Waals surface area contributed by atoms with E-state index in [1.165, 1.54) is 6.26 Å². The predicted molar refractivity (Wildman–Crippen MR) is 110 cm³/mol. The van der Waals surface area contributed by atoms with Gasteiger partial charge in [0, 0.05) is 24.3 Å². The molecular weight excluding hydrogens is 368 g/mol. The van der Waals surface area contributed by atoms with Gasteiger partial charge < -0.3 is 19.6 Å². The van der Waals surface area contributed by atoms with Gasteiger partial charge in [0.15, 0.2) is 5.76 Å². The molecule has 0 aliphatic carbocycles. The number of imidazole rings is 1. The summed E-state index contributed by atoms with van der Waals surface area (Å²) < 4.78 is 7.15. The Bertz CT molecular complexity index is 1160. The molecule has 0 bridgehead atoms. The van der Waals surface area contributed by atoms with Gasteiger partial charge in [-0.15, -0.1) is 0 Å². The minimum Gasteiger partial charge on any atom is -0.459 e. The van der Waals surface area contributed by atoms with Gasteiger partial charge in [-0.05, 0) is 49.4 Å². The van der Waals surface area contributed by atoms with E-state index in [-0.39, 0.29) is 17.6 Å². The second kappa shape index (κ2) is 8.02. The summed E-state index contributed by atoms with van der Waals surface area (Å²) >= 11 is 0. The van der Waals surface area contributed by atoms with Crippen molar-refractivity contribution in [1.82, 2.24) is 14.9 Å². The average Bonchev–Trinajstić information content (AvgIpc) is 3.36. The zero-order valence-corrected chi connectivity index (χ0v) is 15.9. The Morgan fingerprint density at radius 1 is 1.03 bits per heavy atom. The highest BCUT2D eigenvalue weighted by molar-refractivity contribution is 6.03. The van der Waals surface area contributed by atoms with Crippen LogP contribution in [-0.4, -0.2) is 27.9 Å². The zero-order valence-electron chi connectivity index (χ0n) is 15.9. The molecule has 7 nitrogen and oxygen atoms in total. The van der Waals surface area contributed by atoms with E-state index < -0.39 is 0 Å². The van der Waals surface area contributed by atoms with Gasteiger partial charge in [-0.3, -0.25) is 9.59 Å². The molecule has 2 aromatic heterocycles. The second-order valence-electron chi connectivity index (χ2n) is 6.57. The molecule has 4 rings (SSSR count). The van der Waals surface area contributed by atoms with Gasteiger partial charge >= 0.3 is 0 Å². The van der Waals surface area contributed by atoms with Crippen molar-refractivity contribution in [3.05, 3.63) is 84.1 Å². The van der Waals surface area contributed by atoms with E-state index >= 15 is 0 Å². The quantitative estimate of drug-likeness (QED) is 0.528. The van der Waals surface area contributed by atoms with Crippen molar-refractivity contribution in [2.45, 2.75) is 13.5 Å². The Morgan fingerprint density at radius 3 is 2.72 bits per heavy atom. The number of anilines is 1. The molecule has 0 saturated heterocycles. The number of amides is 2. The number of nitrogens with zero attached hydrogens (tertiary/aromatic N) is 2. The lowest BCUT2D eigenvalue weighted by molar-refractivity contribution is 0.0950. The Balaban J connectivity index is 1.38. The number of para-hydroxylation sites is 2. The number of hydrogen-bond acceptors (Lipinski definition) is 4. The highest BCUT2D eigenvalue weighted by Crippen LogP contribution is 2.15. The van der Waals surface area contributed by atoms with Crippen LogP contribution in [0.3, 0.4) is 0 Å². The van der Waals surface area contributed by atoms with Crippen LogP contribution in [0, 0.1) is 6.92 Å². The maximum absolute atomic E-state index is 12.5. The van der Waals surface area contributed by atoms with Crippen LogP contribution in [0.1, 0.15) is 26.7 Å². The monoisotopic (exact) mass is 388 g/mol. The Kier molecular flexibility index (Phi) is 5.11. The molecule has 0 saturated carbocycles. The molecule has 2 amide bonds. The predicted octanol–water partition coefficient (Wildman–Crippen LogP) is 3.62. The lowest BCUT2D eigenvalue weighted by atomic mass is 10.2. The minimum absolute atomic E-state index is 0.207. The van der Waals surface area contributed by atoms with E-state index in [9.17, 15) is 9.59 Å². The highest BCUT2D eigenvalue weighted by atomic mass is 16.3. The molecule has 0 aliphatic heterocycles. The summed E-state index contributed by atoms with van der Waals surface area (Å²) in [6.45, 7) is 3.03. The first kappa shape index (κ1) is 18.5. The Morgan fingerprint density at radius 2 is 1.90 bits per heavy atom. The molecule has 4 aromatic rings. The van der Waals surface area contributed by atoms with Gasteiger partial charge in [0.25, 0.3) is 11.8 Å². The third-order valence-electron chi connectivity index (χ3n) is 4.59. The molecule has 2 N–H and O–H groups in total. The van der Waals surface area contributed by atoms with Crippen LogP contribution >= 0.6 is 0 Å². The molecule has 146 valence electrons. The van der Waals surface area contributed by atoms with Crippen molar-refractivity contribution in [2.24, 2.45) is 0 Å². The van der Waals surface area contributed by atoms with Gasteiger partial charge in [0.1, 0.15) is 5.82 Å². The number of benzene rings is 2. The van der Waals surface area contributed by atoms with E-state index in [4.69, 9.17) is 4.42 Å². The molecule has 0 aliphatic rings. The van der Waals surface area contributed by atoms with Crippen molar-refractivity contribution in [1.29, 1.82) is 0 Å². The van der Waals surface area contributed by atoms with Crippen molar-refractivity contribution in [3.63, 3.8) is 0 Å². The zero-order chi connectivity index (χ0) is 20.2. The summed E-state index contributed by atoms with van der Waals surface area (Å²) in [5.74, 6) is 0.544. The molecule has 2 aromatic carbocycles. The number of carbonyl (C=O) groups is 2. The van der Waals surface area contributed by atoms with Gasteiger partial charge in [-0.1, -0.05) is 18.2 Å².